The van der Waals surface area contributed by atoms with Crippen LogP contribution in [0.25, 0.3) is 38.6 Å². The molecule has 3 nitrogen and oxygen atoms in total. The van der Waals surface area contributed by atoms with Gasteiger partial charge >= 0.3 is 0 Å². The van der Waals surface area contributed by atoms with Crippen LogP contribution in [0, 0.1) is 0 Å². The van der Waals surface area contributed by atoms with Crippen LogP contribution in [0.4, 0.5) is 34.1 Å². The molecule has 1 aromatic heterocycles. The standard InChI is InChI=1S/C84H60BN3Si2/c1-9-29-61(30-10-1)62-49-55-80-76(57-62)85-77-60-73(90(69-39-19-6-20-40-69,70-41-21-7-22-42-70)71-43-23-8-24-44-71)54-56-81(77)86(63-31-11-2-12-32-63)82-58-65(88-78-47-27-25-45-74(78)75-46-26-28-48-79(75)88)59-83(84(82)85)87(80)64-50-52-72(53-51-64)89(66-33-13-3-14-34-66,67-35-15-4-16-36-67)68-37-17-5-18-38-68/h1-60H. The van der Waals surface area contributed by atoms with E-state index < -0.39 is 16.1 Å². The Bertz CT molecular complexity index is 4860. The van der Waals surface area contributed by atoms with Crippen molar-refractivity contribution in [3.8, 4) is 16.8 Å². The summed E-state index contributed by atoms with van der Waals surface area (Å²) in [5.74, 6) is 0. The molecule has 0 atom stereocenters. The van der Waals surface area contributed by atoms with Crippen LogP contribution in [-0.4, -0.2) is 27.4 Å². The summed E-state index contributed by atoms with van der Waals surface area (Å²) in [4.78, 5) is 5.18. The van der Waals surface area contributed by atoms with E-state index in [4.69, 9.17) is 0 Å². The summed E-state index contributed by atoms with van der Waals surface area (Å²) in [5.41, 5.74) is 16.4. The van der Waals surface area contributed by atoms with Crippen molar-refractivity contribution in [1.29, 1.82) is 0 Å². The minimum Gasteiger partial charge on any atom is -0.311 e. The van der Waals surface area contributed by atoms with Gasteiger partial charge in [-0.15, -0.1) is 0 Å². The van der Waals surface area contributed by atoms with Crippen molar-refractivity contribution in [2.45, 2.75) is 0 Å². The van der Waals surface area contributed by atoms with E-state index in [0.717, 1.165) is 34.1 Å². The molecule has 0 bridgehead atoms. The molecule has 2 aliphatic rings. The van der Waals surface area contributed by atoms with Crippen molar-refractivity contribution in [1.82, 2.24) is 4.57 Å². The first-order valence-electron chi connectivity index (χ1n) is 31.3. The Hall–Kier alpha value is -11.0. The van der Waals surface area contributed by atoms with Gasteiger partial charge in [0.1, 0.15) is 0 Å². The van der Waals surface area contributed by atoms with Crippen LogP contribution >= 0.6 is 0 Å². The molecular weight excluding hydrogens is 1120 g/mol. The minimum absolute atomic E-state index is 0.186. The normalized spacial score (nSPS) is 12.6. The van der Waals surface area contributed by atoms with Crippen LogP contribution in [0.1, 0.15) is 0 Å². The van der Waals surface area contributed by atoms with Gasteiger partial charge in [-0.1, -0.05) is 303 Å². The highest BCUT2D eigenvalue weighted by Gasteiger charge is 2.48. The third-order valence-electron chi connectivity index (χ3n) is 19.2. The quantitative estimate of drug-likeness (QED) is 0.0892. The van der Waals surface area contributed by atoms with E-state index in [1.54, 1.807) is 0 Å². The Balaban J connectivity index is 0.986. The number of anilines is 6. The Morgan fingerprint density at radius 3 is 1.00 bits per heavy atom. The lowest BCUT2D eigenvalue weighted by atomic mass is 9.33. The molecule has 2 aliphatic heterocycles. The maximum absolute atomic E-state index is 3.03. The van der Waals surface area contributed by atoms with E-state index in [9.17, 15) is 0 Å². The molecule has 3 heterocycles. The zero-order chi connectivity index (χ0) is 59.6. The van der Waals surface area contributed by atoms with Crippen molar-refractivity contribution >= 4 is 137 Å². The molecule has 0 amide bonds. The summed E-state index contributed by atoms with van der Waals surface area (Å²) in [6, 6.07) is 137. The van der Waals surface area contributed by atoms with E-state index in [2.05, 4.69) is 378 Å². The number of aromatic nitrogens is 1. The monoisotopic (exact) mass is 1180 g/mol. The predicted molar refractivity (Wildman–Crippen MR) is 387 cm³/mol. The summed E-state index contributed by atoms with van der Waals surface area (Å²) in [6.07, 6.45) is 0. The maximum Gasteiger partial charge on any atom is 0.252 e. The van der Waals surface area contributed by atoms with Crippen LogP contribution in [0.3, 0.4) is 0 Å². The van der Waals surface area contributed by atoms with E-state index in [1.165, 1.54) is 96.5 Å². The van der Waals surface area contributed by atoms with Gasteiger partial charge in [0.05, 0.1) is 16.7 Å². The molecule has 0 saturated heterocycles. The largest absolute Gasteiger partial charge is 0.311 e. The number of hydrogen-bond donors (Lipinski definition) is 0. The Kier molecular flexibility index (Phi) is 13.0. The summed E-state index contributed by atoms with van der Waals surface area (Å²) in [5, 5.41) is 13.2. The highest BCUT2D eigenvalue weighted by Crippen LogP contribution is 2.47. The Morgan fingerprint density at radius 2 is 0.556 bits per heavy atom. The number of benzene rings is 14. The third-order valence-corrected chi connectivity index (χ3v) is 28.8. The van der Waals surface area contributed by atoms with Gasteiger partial charge in [-0.2, -0.15) is 0 Å². The van der Waals surface area contributed by atoms with Crippen LogP contribution in [0.2, 0.25) is 0 Å². The fourth-order valence-corrected chi connectivity index (χ4v) is 25.0. The second-order valence-electron chi connectivity index (χ2n) is 23.9. The van der Waals surface area contributed by atoms with Crippen molar-refractivity contribution in [2.24, 2.45) is 0 Å². The molecule has 0 N–H and O–H groups in total. The maximum atomic E-state index is 2.65. The minimum atomic E-state index is -3.03. The van der Waals surface area contributed by atoms with Crippen molar-refractivity contribution in [2.75, 3.05) is 9.80 Å². The first-order chi connectivity index (χ1) is 44.7. The molecule has 0 fully saturated rings. The predicted octanol–water partition coefficient (Wildman–Crippen LogP) is 13.3. The molecule has 17 rings (SSSR count). The van der Waals surface area contributed by atoms with Gasteiger partial charge in [0.25, 0.3) is 6.71 Å². The fourth-order valence-electron chi connectivity index (χ4n) is 15.5. The van der Waals surface area contributed by atoms with Gasteiger partial charge in [0.2, 0.25) is 0 Å². The average molecular weight is 1180 g/mol. The van der Waals surface area contributed by atoms with Crippen molar-refractivity contribution in [3.05, 3.63) is 364 Å². The molecule has 90 heavy (non-hydrogen) atoms. The van der Waals surface area contributed by atoms with Gasteiger partial charge in [-0.3, -0.25) is 0 Å². The van der Waals surface area contributed by atoms with E-state index in [1.807, 2.05) is 0 Å². The number of rotatable bonds is 12. The lowest BCUT2D eigenvalue weighted by Gasteiger charge is -2.45. The van der Waals surface area contributed by atoms with Crippen LogP contribution in [-0.2, 0) is 0 Å². The topological polar surface area (TPSA) is 11.4 Å². The molecule has 0 aliphatic carbocycles. The second-order valence-corrected chi connectivity index (χ2v) is 31.5. The average Bonchev–Trinajstić information content (AvgIpc) is 0.754. The number of nitrogens with zero attached hydrogens (tertiary/aromatic N) is 3. The fraction of sp³-hybridized carbons (Fsp3) is 0. The molecular formula is C84H60BN3Si2. The number of fused-ring (bicyclic) bond motifs is 7. The second kappa shape index (κ2) is 22.0. The summed E-state index contributed by atoms with van der Waals surface area (Å²) < 4.78 is 2.51. The van der Waals surface area contributed by atoms with Gasteiger partial charge in [0, 0.05) is 44.9 Å². The summed E-state index contributed by atoms with van der Waals surface area (Å²) in [7, 11) is -5.91. The van der Waals surface area contributed by atoms with Crippen molar-refractivity contribution in [3.63, 3.8) is 0 Å². The molecule has 14 aromatic carbocycles. The first kappa shape index (κ1) is 53.2. The SMILES string of the molecule is c1ccc(-c2ccc3c(c2)B2c4cc([Si](c5ccccc5)(c5ccccc5)c5ccccc5)ccc4N(c4ccccc4)c4cc(-n5c6ccccc6c6ccccc65)cc(c42)N3c2ccc([Si](c3ccccc3)(c3ccccc3)c3ccccc3)cc2)cc1. The first-order valence-corrected chi connectivity index (χ1v) is 35.3. The molecule has 15 aromatic rings. The molecule has 0 unspecified atom stereocenters. The van der Waals surface area contributed by atoms with Crippen LogP contribution < -0.4 is 67.7 Å². The van der Waals surface area contributed by atoms with Crippen LogP contribution in [0.15, 0.2) is 364 Å². The smallest absolute Gasteiger partial charge is 0.252 e. The lowest BCUT2D eigenvalue weighted by Crippen LogP contribution is -2.75. The van der Waals surface area contributed by atoms with Gasteiger partial charge in [-0.05, 0) is 130 Å². The third kappa shape index (κ3) is 8.33. The van der Waals surface area contributed by atoms with Crippen molar-refractivity contribution < 1.29 is 0 Å². The highest BCUT2D eigenvalue weighted by atomic mass is 28.3. The molecule has 0 radical (unpaired) electrons. The number of hydrogen-bond acceptors (Lipinski definition) is 2. The summed E-state index contributed by atoms with van der Waals surface area (Å²) in [6.45, 7) is -0.186. The molecule has 0 saturated carbocycles. The molecule has 6 heteroatoms. The van der Waals surface area contributed by atoms with Gasteiger partial charge in [-0.25, -0.2) is 0 Å². The zero-order valence-corrected chi connectivity index (χ0v) is 51.6. The van der Waals surface area contributed by atoms with Gasteiger partial charge < -0.3 is 14.4 Å². The van der Waals surface area contributed by atoms with E-state index in [0.29, 0.717) is 0 Å². The number of para-hydroxylation sites is 3. The van der Waals surface area contributed by atoms with E-state index >= 15 is 0 Å². The molecule has 0 spiro atoms. The van der Waals surface area contributed by atoms with Crippen LogP contribution in [0.5, 0.6) is 0 Å². The van der Waals surface area contributed by atoms with Gasteiger partial charge in [0.15, 0.2) is 16.1 Å². The zero-order valence-electron chi connectivity index (χ0n) is 49.6. The lowest BCUT2D eigenvalue weighted by molar-refractivity contribution is 1.16. The van der Waals surface area contributed by atoms with E-state index in [-0.39, 0.29) is 6.71 Å². The Morgan fingerprint density at radius 1 is 0.222 bits per heavy atom. The summed E-state index contributed by atoms with van der Waals surface area (Å²) >= 11 is 0. The molecule has 422 valence electrons. The highest BCUT2D eigenvalue weighted by molar-refractivity contribution is 7.20. The Labute approximate surface area is 528 Å².